The van der Waals surface area contributed by atoms with E-state index in [0.717, 1.165) is 11.1 Å². The first-order valence-corrected chi connectivity index (χ1v) is 10.1. The average Bonchev–Trinajstić information content (AvgIpc) is 3.15. The lowest BCUT2D eigenvalue weighted by atomic mass is 9.98. The molecule has 0 saturated heterocycles. The number of fused-ring (bicyclic) bond motifs is 3. The number of amides is 1. The van der Waals surface area contributed by atoms with Crippen LogP contribution in [0.25, 0.3) is 11.1 Å². The molecule has 2 N–H and O–H groups in total. The van der Waals surface area contributed by atoms with Crippen molar-refractivity contribution in [3.8, 4) is 34.5 Å². The van der Waals surface area contributed by atoms with Gasteiger partial charge in [-0.1, -0.05) is 60.4 Å². The fourth-order valence-corrected chi connectivity index (χ4v) is 3.86. The van der Waals surface area contributed by atoms with Gasteiger partial charge in [0.05, 0.1) is 19.2 Å². The predicted molar refractivity (Wildman–Crippen MR) is 120 cm³/mol. The van der Waals surface area contributed by atoms with Gasteiger partial charge in [-0.3, -0.25) is 4.79 Å². The molecule has 1 aliphatic rings. The summed E-state index contributed by atoms with van der Waals surface area (Å²) in [5.41, 5.74) is 5.19. The Morgan fingerprint density at radius 1 is 1.09 bits per heavy atom. The molecular formula is C26H21NO5. The molecule has 6 nitrogen and oxygen atoms in total. The van der Waals surface area contributed by atoms with Gasteiger partial charge in [0.1, 0.15) is 6.61 Å². The zero-order chi connectivity index (χ0) is 22.5. The molecule has 0 spiro atoms. The van der Waals surface area contributed by atoms with Gasteiger partial charge < -0.3 is 19.9 Å². The Kier molecular flexibility index (Phi) is 6.09. The number of carbonyl (C=O) groups excluding carboxylic acids is 2. The standard InChI is InChI=1S/C26H21NO5/c1-31-24-14-17(13-18(15-28)25(24)29)7-6-12-27-26(30)32-16-23-21-10-4-2-8-19(21)20-9-3-5-11-22(20)23/h2-5,8-11,13-15,23,29H,12,16H2,1H3,(H,27,30). The van der Waals surface area contributed by atoms with E-state index in [1.807, 2.05) is 24.3 Å². The lowest BCUT2D eigenvalue weighted by Gasteiger charge is -2.14. The van der Waals surface area contributed by atoms with Gasteiger partial charge in [-0.25, -0.2) is 4.79 Å². The number of phenols is 1. The maximum atomic E-state index is 12.2. The summed E-state index contributed by atoms with van der Waals surface area (Å²) in [6.07, 6.45) is -0.0316. The van der Waals surface area contributed by atoms with Crippen molar-refractivity contribution in [2.75, 3.05) is 20.3 Å². The minimum atomic E-state index is -0.557. The Labute approximate surface area is 185 Å². The number of methoxy groups -OCH3 is 1. The fraction of sp³-hybridized carbons (Fsp3) is 0.154. The number of hydrogen-bond acceptors (Lipinski definition) is 5. The van der Waals surface area contributed by atoms with Crippen LogP contribution in [0.15, 0.2) is 60.7 Å². The van der Waals surface area contributed by atoms with Gasteiger partial charge in [0.15, 0.2) is 17.8 Å². The number of aromatic hydroxyl groups is 1. The maximum absolute atomic E-state index is 12.2. The number of ether oxygens (including phenoxy) is 2. The molecule has 3 aromatic carbocycles. The van der Waals surface area contributed by atoms with Crippen molar-refractivity contribution in [2.24, 2.45) is 0 Å². The van der Waals surface area contributed by atoms with E-state index in [1.165, 1.54) is 30.4 Å². The summed E-state index contributed by atoms with van der Waals surface area (Å²) in [5, 5.41) is 12.5. The van der Waals surface area contributed by atoms with E-state index >= 15 is 0 Å². The van der Waals surface area contributed by atoms with Crippen LogP contribution < -0.4 is 10.1 Å². The highest BCUT2D eigenvalue weighted by Crippen LogP contribution is 2.44. The molecule has 0 aromatic heterocycles. The molecule has 0 aliphatic heterocycles. The minimum Gasteiger partial charge on any atom is -0.504 e. The first kappa shape index (κ1) is 21.0. The molecule has 1 amide bonds. The highest BCUT2D eigenvalue weighted by Gasteiger charge is 2.28. The maximum Gasteiger partial charge on any atom is 0.407 e. The van der Waals surface area contributed by atoms with Crippen LogP contribution in [0.5, 0.6) is 11.5 Å². The Morgan fingerprint density at radius 2 is 1.75 bits per heavy atom. The number of rotatable bonds is 5. The third-order valence-electron chi connectivity index (χ3n) is 5.35. The van der Waals surface area contributed by atoms with Crippen LogP contribution in [0.2, 0.25) is 0 Å². The molecule has 6 heteroatoms. The second kappa shape index (κ2) is 9.27. The summed E-state index contributed by atoms with van der Waals surface area (Å²) >= 11 is 0. The second-order valence-electron chi connectivity index (χ2n) is 7.22. The topological polar surface area (TPSA) is 84.9 Å². The number of nitrogens with one attached hydrogen (secondary N) is 1. The van der Waals surface area contributed by atoms with Crippen molar-refractivity contribution in [1.82, 2.24) is 5.32 Å². The largest absolute Gasteiger partial charge is 0.504 e. The van der Waals surface area contributed by atoms with Crippen molar-refractivity contribution >= 4 is 12.4 Å². The van der Waals surface area contributed by atoms with E-state index in [0.29, 0.717) is 11.8 Å². The molecule has 4 rings (SSSR count). The summed E-state index contributed by atoms with van der Waals surface area (Å²) in [6.45, 7) is 0.293. The summed E-state index contributed by atoms with van der Waals surface area (Å²) in [7, 11) is 1.39. The fourth-order valence-electron chi connectivity index (χ4n) is 3.86. The van der Waals surface area contributed by atoms with Gasteiger partial charge in [0.25, 0.3) is 0 Å². The third-order valence-corrected chi connectivity index (χ3v) is 5.35. The van der Waals surface area contributed by atoms with E-state index in [2.05, 4.69) is 41.4 Å². The Bertz CT molecular complexity index is 1190. The first-order valence-electron chi connectivity index (χ1n) is 10.1. The molecule has 160 valence electrons. The van der Waals surface area contributed by atoms with Crippen molar-refractivity contribution < 1.29 is 24.2 Å². The average molecular weight is 427 g/mol. The summed E-state index contributed by atoms with van der Waals surface area (Å²) in [4.78, 5) is 23.2. The quantitative estimate of drug-likeness (QED) is 0.473. The van der Waals surface area contributed by atoms with Crippen LogP contribution in [0.3, 0.4) is 0 Å². The second-order valence-corrected chi connectivity index (χ2v) is 7.22. The number of carbonyl (C=O) groups is 2. The minimum absolute atomic E-state index is 0.00884. The van der Waals surface area contributed by atoms with E-state index in [1.54, 1.807) is 0 Å². The lowest BCUT2D eigenvalue weighted by Crippen LogP contribution is -2.26. The van der Waals surface area contributed by atoms with Crippen molar-refractivity contribution in [1.29, 1.82) is 0 Å². The van der Waals surface area contributed by atoms with Gasteiger partial charge in [-0.15, -0.1) is 0 Å². The van der Waals surface area contributed by atoms with Crippen LogP contribution in [0, 0.1) is 11.8 Å². The molecule has 0 fully saturated rings. The van der Waals surface area contributed by atoms with Crippen LogP contribution in [-0.2, 0) is 4.74 Å². The number of alkyl carbamates (subject to hydrolysis) is 1. The molecular weight excluding hydrogens is 406 g/mol. The van der Waals surface area contributed by atoms with Gasteiger partial charge >= 0.3 is 6.09 Å². The molecule has 32 heavy (non-hydrogen) atoms. The monoisotopic (exact) mass is 427 g/mol. The predicted octanol–water partition coefficient (Wildman–Crippen LogP) is 4.10. The first-order chi connectivity index (χ1) is 15.6. The highest BCUT2D eigenvalue weighted by molar-refractivity contribution is 5.82. The van der Waals surface area contributed by atoms with E-state index in [-0.39, 0.29) is 36.1 Å². The van der Waals surface area contributed by atoms with Gasteiger partial charge in [-0.05, 0) is 34.4 Å². The van der Waals surface area contributed by atoms with Gasteiger partial charge in [0, 0.05) is 11.5 Å². The van der Waals surface area contributed by atoms with E-state index in [9.17, 15) is 14.7 Å². The molecule has 0 bridgehead atoms. The summed E-state index contributed by atoms with van der Waals surface area (Å²) in [5.74, 6) is 5.54. The number of benzene rings is 3. The SMILES string of the molecule is COc1cc(C#CCNC(=O)OCC2c3ccccc3-c3ccccc32)cc(C=O)c1O. The summed E-state index contributed by atoms with van der Waals surface area (Å²) in [6, 6.07) is 19.2. The Hall–Kier alpha value is -4.24. The third kappa shape index (κ3) is 4.14. The van der Waals surface area contributed by atoms with Crippen LogP contribution in [0.4, 0.5) is 4.79 Å². The smallest absolute Gasteiger partial charge is 0.407 e. The normalized spacial score (nSPS) is 11.5. The molecule has 0 unspecified atom stereocenters. The van der Waals surface area contributed by atoms with Crippen molar-refractivity contribution in [3.63, 3.8) is 0 Å². The van der Waals surface area contributed by atoms with Crippen LogP contribution in [-0.4, -0.2) is 37.7 Å². The zero-order valence-electron chi connectivity index (χ0n) is 17.4. The number of phenolic OH excluding ortho intramolecular Hbond substituents is 1. The molecule has 0 heterocycles. The van der Waals surface area contributed by atoms with Crippen LogP contribution in [0.1, 0.15) is 33.0 Å². The Morgan fingerprint density at radius 3 is 2.38 bits per heavy atom. The van der Waals surface area contributed by atoms with Crippen molar-refractivity contribution in [3.05, 3.63) is 82.9 Å². The molecule has 0 saturated carbocycles. The zero-order valence-corrected chi connectivity index (χ0v) is 17.4. The van der Waals surface area contributed by atoms with E-state index in [4.69, 9.17) is 9.47 Å². The van der Waals surface area contributed by atoms with Crippen molar-refractivity contribution in [2.45, 2.75) is 5.92 Å². The van der Waals surface area contributed by atoms with Gasteiger partial charge in [0.2, 0.25) is 0 Å². The molecule has 0 atom stereocenters. The van der Waals surface area contributed by atoms with Crippen LogP contribution >= 0.6 is 0 Å². The summed E-state index contributed by atoms with van der Waals surface area (Å²) < 4.78 is 10.5. The van der Waals surface area contributed by atoms with E-state index < -0.39 is 6.09 Å². The molecule has 0 radical (unpaired) electrons. The number of hydrogen-bond donors (Lipinski definition) is 2. The Balaban J connectivity index is 1.36. The van der Waals surface area contributed by atoms with Gasteiger partial charge in [-0.2, -0.15) is 0 Å². The lowest BCUT2D eigenvalue weighted by molar-refractivity contribution is 0.112. The highest BCUT2D eigenvalue weighted by atomic mass is 16.5. The number of aldehydes is 1. The molecule has 1 aliphatic carbocycles. The molecule has 3 aromatic rings.